The standard InChI is InChI=1S/C13H13ClN2O3/c1-16-6-10(5-15-16)8-19-13-11(14)3-9(7-17)4-12(13)18-2/h3-7H,8H2,1-2H3. The molecule has 5 nitrogen and oxygen atoms in total. The van der Waals surface area contributed by atoms with Gasteiger partial charge in [0.05, 0.1) is 18.3 Å². The first-order valence-electron chi connectivity index (χ1n) is 5.57. The van der Waals surface area contributed by atoms with Crippen LogP contribution in [0.4, 0.5) is 0 Å². The molecule has 0 saturated heterocycles. The molecule has 0 aliphatic carbocycles. The van der Waals surface area contributed by atoms with Crippen molar-refractivity contribution in [1.29, 1.82) is 0 Å². The second-order valence-corrected chi connectivity index (χ2v) is 4.37. The van der Waals surface area contributed by atoms with Crippen molar-refractivity contribution in [2.24, 2.45) is 7.05 Å². The van der Waals surface area contributed by atoms with Gasteiger partial charge in [0.25, 0.3) is 0 Å². The van der Waals surface area contributed by atoms with Crippen LogP contribution in [-0.2, 0) is 13.7 Å². The second-order valence-electron chi connectivity index (χ2n) is 3.96. The summed E-state index contributed by atoms with van der Waals surface area (Å²) in [6.07, 6.45) is 4.26. The summed E-state index contributed by atoms with van der Waals surface area (Å²) in [5.74, 6) is 0.845. The summed E-state index contributed by atoms with van der Waals surface area (Å²) in [6, 6.07) is 3.12. The average Bonchev–Trinajstić information content (AvgIpc) is 2.82. The van der Waals surface area contributed by atoms with Crippen LogP contribution >= 0.6 is 11.6 Å². The lowest BCUT2D eigenvalue weighted by atomic mass is 10.2. The van der Waals surface area contributed by atoms with Crippen molar-refractivity contribution in [1.82, 2.24) is 9.78 Å². The third-order valence-electron chi connectivity index (χ3n) is 2.53. The molecule has 0 aliphatic rings. The van der Waals surface area contributed by atoms with Crippen LogP contribution in [0.5, 0.6) is 11.5 Å². The second kappa shape index (κ2) is 5.75. The van der Waals surface area contributed by atoms with E-state index in [2.05, 4.69) is 5.10 Å². The van der Waals surface area contributed by atoms with Crippen LogP contribution in [-0.4, -0.2) is 23.2 Å². The van der Waals surface area contributed by atoms with E-state index in [0.29, 0.717) is 35.0 Å². The molecular formula is C13H13ClN2O3. The quantitative estimate of drug-likeness (QED) is 0.790. The molecule has 0 spiro atoms. The van der Waals surface area contributed by atoms with Gasteiger partial charge in [-0.05, 0) is 12.1 Å². The van der Waals surface area contributed by atoms with Crippen molar-refractivity contribution < 1.29 is 14.3 Å². The zero-order valence-electron chi connectivity index (χ0n) is 10.6. The van der Waals surface area contributed by atoms with E-state index in [1.807, 2.05) is 13.2 Å². The van der Waals surface area contributed by atoms with Crippen molar-refractivity contribution in [3.05, 3.63) is 40.7 Å². The van der Waals surface area contributed by atoms with E-state index in [0.717, 1.165) is 5.56 Å². The summed E-state index contributed by atoms with van der Waals surface area (Å²) in [5.41, 5.74) is 1.36. The number of aldehydes is 1. The number of hydrogen-bond donors (Lipinski definition) is 0. The molecule has 2 aromatic rings. The predicted molar refractivity (Wildman–Crippen MR) is 70.9 cm³/mol. The molecule has 2 rings (SSSR count). The first kappa shape index (κ1) is 13.4. The first-order valence-corrected chi connectivity index (χ1v) is 5.95. The molecular weight excluding hydrogens is 268 g/mol. The molecule has 0 unspecified atom stereocenters. The fourth-order valence-electron chi connectivity index (χ4n) is 1.65. The van der Waals surface area contributed by atoms with E-state index in [1.54, 1.807) is 16.9 Å². The predicted octanol–water partition coefficient (Wildman–Crippen LogP) is 2.47. The van der Waals surface area contributed by atoms with E-state index in [4.69, 9.17) is 21.1 Å². The van der Waals surface area contributed by atoms with Crippen molar-refractivity contribution in [2.45, 2.75) is 6.61 Å². The van der Waals surface area contributed by atoms with E-state index in [-0.39, 0.29) is 0 Å². The van der Waals surface area contributed by atoms with Crippen LogP contribution in [0.3, 0.4) is 0 Å². The number of rotatable bonds is 5. The topological polar surface area (TPSA) is 53.4 Å². The molecule has 0 fully saturated rings. The number of ether oxygens (including phenoxy) is 2. The van der Waals surface area contributed by atoms with Crippen LogP contribution in [0.25, 0.3) is 0 Å². The fourth-order valence-corrected chi connectivity index (χ4v) is 1.92. The van der Waals surface area contributed by atoms with Gasteiger partial charge in [0, 0.05) is 24.4 Å². The lowest BCUT2D eigenvalue weighted by Crippen LogP contribution is -1.98. The largest absolute Gasteiger partial charge is 0.493 e. The van der Waals surface area contributed by atoms with Gasteiger partial charge in [-0.15, -0.1) is 0 Å². The number of methoxy groups -OCH3 is 1. The van der Waals surface area contributed by atoms with E-state index in [9.17, 15) is 4.79 Å². The number of carbonyl (C=O) groups is 1. The monoisotopic (exact) mass is 280 g/mol. The summed E-state index contributed by atoms with van der Waals surface area (Å²) in [6.45, 7) is 0.324. The molecule has 100 valence electrons. The van der Waals surface area contributed by atoms with Gasteiger partial charge >= 0.3 is 0 Å². The summed E-state index contributed by atoms with van der Waals surface area (Å²) in [5, 5.41) is 4.39. The van der Waals surface area contributed by atoms with Crippen molar-refractivity contribution in [3.8, 4) is 11.5 Å². The molecule has 6 heteroatoms. The molecule has 0 amide bonds. The highest BCUT2D eigenvalue weighted by Crippen LogP contribution is 2.36. The molecule has 1 aromatic heterocycles. The fraction of sp³-hybridized carbons (Fsp3) is 0.231. The highest BCUT2D eigenvalue weighted by Gasteiger charge is 2.12. The zero-order valence-corrected chi connectivity index (χ0v) is 11.3. The SMILES string of the molecule is COc1cc(C=O)cc(Cl)c1OCc1cnn(C)c1. The summed E-state index contributed by atoms with van der Waals surface area (Å²) < 4.78 is 12.5. The molecule has 0 atom stereocenters. The summed E-state index contributed by atoms with van der Waals surface area (Å²) in [7, 11) is 3.33. The first-order chi connectivity index (χ1) is 9.13. The summed E-state index contributed by atoms with van der Waals surface area (Å²) >= 11 is 6.08. The minimum Gasteiger partial charge on any atom is -0.493 e. The Kier molecular flexibility index (Phi) is 4.06. The Morgan fingerprint density at radius 3 is 2.84 bits per heavy atom. The maximum absolute atomic E-state index is 10.8. The van der Waals surface area contributed by atoms with Crippen LogP contribution in [0, 0.1) is 0 Å². The Hall–Kier alpha value is -2.01. The number of nitrogens with zero attached hydrogens (tertiary/aromatic N) is 2. The van der Waals surface area contributed by atoms with Gasteiger partial charge in [0.1, 0.15) is 12.9 Å². The Morgan fingerprint density at radius 1 is 1.47 bits per heavy atom. The molecule has 0 aliphatic heterocycles. The van der Waals surface area contributed by atoms with Crippen LogP contribution in [0.15, 0.2) is 24.5 Å². The Bertz CT molecular complexity index is 596. The number of aryl methyl sites for hydroxylation is 1. The minimum atomic E-state index is 0.324. The van der Waals surface area contributed by atoms with E-state index >= 15 is 0 Å². The zero-order chi connectivity index (χ0) is 13.8. The third-order valence-corrected chi connectivity index (χ3v) is 2.81. The minimum absolute atomic E-state index is 0.324. The normalized spacial score (nSPS) is 10.3. The van der Waals surface area contributed by atoms with Gasteiger partial charge in [0.15, 0.2) is 11.5 Å². The van der Waals surface area contributed by atoms with E-state index < -0.39 is 0 Å². The Morgan fingerprint density at radius 2 is 2.26 bits per heavy atom. The molecule has 1 aromatic carbocycles. The Labute approximate surface area is 115 Å². The van der Waals surface area contributed by atoms with Gasteiger partial charge in [-0.1, -0.05) is 11.6 Å². The maximum Gasteiger partial charge on any atom is 0.180 e. The van der Waals surface area contributed by atoms with Crippen molar-refractivity contribution >= 4 is 17.9 Å². The number of halogens is 1. The number of carbonyl (C=O) groups excluding carboxylic acids is 1. The highest BCUT2D eigenvalue weighted by atomic mass is 35.5. The highest BCUT2D eigenvalue weighted by molar-refractivity contribution is 6.32. The molecule has 19 heavy (non-hydrogen) atoms. The maximum atomic E-state index is 10.8. The van der Waals surface area contributed by atoms with E-state index in [1.165, 1.54) is 13.2 Å². The molecule has 0 bridgehead atoms. The number of aromatic nitrogens is 2. The lowest BCUT2D eigenvalue weighted by Gasteiger charge is -2.12. The number of benzene rings is 1. The molecule has 1 heterocycles. The van der Waals surface area contributed by atoms with Gasteiger partial charge in [-0.3, -0.25) is 9.48 Å². The van der Waals surface area contributed by atoms with Gasteiger partial charge < -0.3 is 9.47 Å². The molecule has 0 saturated carbocycles. The van der Waals surface area contributed by atoms with Crippen molar-refractivity contribution in [2.75, 3.05) is 7.11 Å². The Balaban J connectivity index is 2.21. The van der Waals surface area contributed by atoms with Gasteiger partial charge in [-0.2, -0.15) is 5.10 Å². The van der Waals surface area contributed by atoms with Gasteiger partial charge in [0.2, 0.25) is 0 Å². The molecule has 0 radical (unpaired) electrons. The third kappa shape index (κ3) is 3.06. The van der Waals surface area contributed by atoms with Gasteiger partial charge in [-0.25, -0.2) is 0 Å². The number of hydrogen-bond acceptors (Lipinski definition) is 4. The van der Waals surface area contributed by atoms with Crippen LogP contribution in [0.2, 0.25) is 5.02 Å². The lowest BCUT2D eigenvalue weighted by molar-refractivity contribution is 0.112. The van der Waals surface area contributed by atoms with Crippen LogP contribution in [0.1, 0.15) is 15.9 Å². The van der Waals surface area contributed by atoms with Crippen LogP contribution < -0.4 is 9.47 Å². The smallest absolute Gasteiger partial charge is 0.180 e. The average molecular weight is 281 g/mol. The summed E-state index contributed by atoms with van der Waals surface area (Å²) in [4.78, 5) is 10.8. The molecule has 0 N–H and O–H groups in total. The van der Waals surface area contributed by atoms with Crippen molar-refractivity contribution in [3.63, 3.8) is 0 Å².